The summed E-state index contributed by atoms with van der Waals surface area (Å²) in [5.74, 6) is -0.317. The van der Waals surface area contributed by atoms with Gasteiger partial charge in [-0.2, -0.15) is 0 Å². The summed E-state index contributed by atoms with van der Waals surface area (Å²) in [7, 11) is 1.58. The van der Waals surface area contributed by atoms with Crippen LogP contribution in [-0.2, 0) is 18.9 Å². The Morgan fingerprint density at radius 1 is 1.18 bits per heavy atom. The number of methoxy groups -OCH3 is 1. The van der Waals surface area contributed by atoms with Crippen LogP contribution in [0, 0.1) is 5.82 Å². The molecule has 2 aliphatic heterocycles. The Balaban J connectivity index is 1.51. The topological polar surface area (TPSA) is 62.9 Å². The molecule has 2 heterocycles. The molecule has 6 atom stereocenters. The molecule has 150 valence electrons. The van der Waals surface area contributed by atoms with E-state index in [0.717, 1.165) is 10.0 Å². The molecule has 0 aliphatic carbocycles. The third kappa shape index (κ3) is 4.14. The Morgan fingerprint density at radius 3 is 2.71 bits per heavy atom. The van der Waals surface area contributed by atoms with E-state index in [1.165, 1.54) is 17.8 Å². The highest BCUT2D eigenvalue weighted by Crippen LogP contribution is 2.40. The van der Waals surface area contributed by atoms with E-state index in [4.69, 9.17) is 24.7 Å². The maximum Gasteiger partial charge on any atom is 0.184 e. The first kappa shape index (κ1) is 20.3. The lowest BCUT2D eigenvalue weighted by molar-refractivity contribution is -0.298. The average molecular weight is 470 g/mol. The quantitative estimate of drug-likeness (QED) is 0.733. The molecule has 2 aliphatic rings. The van der Waals surface area contributed by atoms with Gasteiger partial charge in [-0.3, -0.25) is 0 Å². The molecule has 0 saturated carbocycles. The number of halogens is 2. The molecule has 0 spiro atoms. The van der Waals surface area contributed by atoms with Gasteiger partial charge in [0.05, 0.1) is 12.6 Å². The third-order valence-corrected chi connectivity index (χ3v) is 6.55. The maximum atomic E-state index is 14.2. The van der Waals surface area contributed by atoms with Crippen molar-refractivity contribution in [2.75, 3.05) is 13.7 Å². The Hall–Kier alpha value is -1.00. The van der Waals surface area contributed by atoms with Crippen molar-refractivity contribution in [3.8, 4) is 0 Å². The fourth-order valence-corrected chi connectivity index (χ4v) is 5.22. The van der Waals surface area contributed by atoms with Crippen LogP contribution < -0.4 is 5.73 Å². The minimum absolute atomic E-state index is 0.317. The summed E-state index contributed by atoms with van der Waals surface area (Å²) in [5, 5.41) is 0. The Labute approximate surface area is 175 Å². The van der Waals surface area contributed by atoms with Crippen molar-refractivity contribution < 1.29 is 23.3 Å². The van der Waals surface area contributed by atoms with Crippen molar-refractivity contribution in [2.24, 2.45) is 5.73 Å². The summed E-state index contributed by atoms with van der Waals surface area (Å²) >= 11 is 4.62. The van der Waals surface area contributed by atoms with Gasteiger partial charge < -0.3 is 24.7 Å². The molecule has 0 radical (unpaired) electrons. The van der Waals surface area contributed by atoms with Gasteiger partial charge in [0.25, 0.3) is 0 Å². The van der Waals surface area contributed by atoms with Gasteiger partial charge in [0.15, 0.2) is 6.29 Å². The predicted octanol–water partition coefficient (Wildman–Crippen LogP) is 3.86. The molecule has 0 bridgehead atoms. The van der Waals surface area contributed by atoms with E-state index < -0.39 is 23.9 Å². The number of nitrogens with two attached hydrogens (primary N) is 1. The summed E-state index contributed by atoms with van der Waals surface area (Å²) in [5.41, 5.74) is 6.94. The molecule has 2 N–H and O–H groups in total. The highest BCUT2D eigenvalue weighted by Gasteiger charge is 2.49. The fraction of sp³-hybridized carbons (Fsp3) is 0.400. The van der Waals surface area contributed by atoms with Crippen molar-refractivity contribution in [3.63, 3.8) is 0 Å². The van der Waals surface area contributed by atoms with Gasteiger partial charge in [0.2, 0.25) is 0 Å². The lowest BCUT2D eigenvalue weighted by Gasteiger charge is -2.48. The lowest BCUT2D eigenvalue weighted by Crippen LogP contribution is -2.64. The molecule has 0 amide bonds. The third-order valence-electron chi connectivity index (χ3n) is 4.88. The summed E-state index contributed by atoms with van der Waals surface area (Å²) in [6, 6.07) is 14.0. The largest absolute Gasteiger partial charge is 0.376 e. The first-order valence-electron chi connectivity index (χ1n) is 8.94. The average Bonchev–Trinajstić information content (AvgIpc) is 2.71. The van der Waals surface area contributed by atoms with Gasteiger partial charge in [-0.25, -0.2) is 4.39 Å². The van der Waals surface area contributed by atoms with E-state index in [-0.39, 0.29) is 18.0 Å². The van der Waals surface area contributed by atoms with Gasteiger partial charge in [-0.15, -0.1) is 0 Å². The molecule has 2 saturated heterocycles. The van der Waals surface area contributed by atoms with Crippen LogP contribution in [0.2, 0.25) is 0 Å². The first-order chi connectivity index (χ1) is 13.6. The van der Waals surface area contributed by atoms with Crippen molar-refractivity contribution in [1.82, 2.24) is 0 Å². The standard InChI is InChI=1S/C20H21BrFNO4S/c1-24-18-16(23)17-14(10-25-19(27-17)11-5-3-2-4-6-11)26-20(18)28-15-9-12(21)7-8-13(15)22/h2-9,14,16-20H,10,23H2,1H3. The lowest BCUT2D eigenvalue weighted by atomic mass is 9.97. The van der Waals surface area contributed by atoms with Gasteiger partial charge >= 0.3 is 0 Å². The number of hydrogen-bond donors (Lipinski definition) is 1. The van der Waals surface area contributed by atoms with E-state index in [0.29, 0.717) is 11.5 Å². The molecule has 2 aromatic rings. The van der Waals surface area contributed by atoms with Crippen LogP contribution in [-0.4, -0.2) is 43.5 Å². The Bertz CT molecular complexity index is 814. The normalized spacial score (nSPS) is 32.7. The summed E-state index contributed by atoms with van der Waals surface area (Å²) < 4.78 is 38.8. The highest BCUT2D eigenvalue weighted by molar-refractivity contribution is 9.10. The molecule has 2 aromatic carbocycles. The smallest absolute Gasteiger partial charge is 0.184 e. The van der Waals surface area contributed by atoms with Crippen LogP contribution in [0.5, 0.6) is 0 Å². The van der Waals surface area contributed by atoms with Crippen LogP contribution in [0.4, 0.5) is 4.39 Å². The van der Waals surface area contributed by atoms with Crippen molar-refractivity contribution in [1.29, 1.82) is 0 Å². The number of hydrogen-bond acceptors (Lipinski definition) is 6. The van der Waals surface area contributed by atoms with Gasteiger partial charge in [0, 0.05) is 22.0 Å². The highest BCUT2D eigenvalue weighted by atomic mass is 79.9. The van der Waals surface area contributed by atoms with E-state index in [1.807, 2.05) is 30.3 Å². The zero-order chi connectivity index (χ0) is 19.7. The number of ether oxygens (including phenoxy) is 4. The molecule has 5 nitrogen and oxygen atoms in total. The van der Waals surface area contributed by atoms with Crippen LogP contribution in [0.1, 0.15) is 11.9 Å². The molecule has 8 heteroatoms. The SMILES string of the molecule is COC1C(Sc2cc(Br)ccc2F)OC2COC(c3ccccc3)OC2C1N. The van der Waals surface area contributed by atoms with Crippen molar-refractivity contribution in [2.45, 2.75) is 41.0 Å². The molecule has 0 aromatic heterocycles. The molecular weight excluding hydrogens is 449 g/mol. The van der Waals surface area contributed by atoms with E-state index in [9.17, 15) is 4.39 Å². The van der Waals surface area contributed by atoms with Crippen LogP contribution in [0.3, 0.4) is 0 Å². The number of benzene rings is 2. The Kier molecular flexibility index (Phi) is 6.37. The second-order valence-electron chi connectivity index (χ2n) is 6.69. The van der Waals surface area contributed by atoms with Gasteiger partial charge in [0.1, 0.15) is 29.6 Å². The van der Waals surface area contributed by atoms with Gasteiger partial charge in [-0.1, -0.05) is 58.0 Å². The second-order valence-corrected chi connectivity index (χ2v) is 8.75. The number of rotatable bonds is 4. The summed E-state index contributed by atoms with van der Waals surface area (Å²) in [6.45, 7) is 0.340. The molecule has 28 heavy (non-hydrogen) atoms. The van der Waals surface area contributed by atoms with E-state index in [2.05, 4.69) is 15.9 Å². The zero-order valence-electron chi connectivity index (χ0n) is 15.2. The fourth-order valence-electron chi connectivity index (χ4n) is 3.46. The summed E-state index contributed by atoms with van der Waals surface area (Å²) in [6.07, 6.45) is -1.69. The van der Waals surface area contributed by atoms with E-state index in [1.54, 1.807) is 19.2 Å². The zero-order valence-corrected chi connectivity index (χ0v) is 17.6. The molecule has 6 unspecified atom stereocenters. The monoisotopic (exact) mass is 469 g/mol. The van der Waals surface area contributed by atoms with Crippen LogP contribution in [0.15, 0.2) is 57.9 Å². The molecule has 4 rings (SSSR count). The minimum Gasteiger partial charge on any atom is -0.376 e. The van der Waals surface area contributed by atoms with Crippen LogP contribution in [0.25, 0.3) is 0 Å². The number of thioether (sulfide) groups is 1. The maximum absolute atomic E-state index is 14.2. The minimum atomic E-state index is -0.499. The first-order valence-corrected chi connectivity index (χ1v) is 10.6. The molecular formula is C20H21BrFNO4S. The Morgan fingerprint density at radius 2 is 1.96 bits per heavy atom. The van der Waals surface area contributed by atoms with Gasteiger partial charge in [-0.05, 0) is 18.2 Å². The van der Waals surface area contributed by atoms with Crippen molar-refractivity contribution >= 4 is 27.7 Å². The van der Waals surface area contributed by atoms with Crippen molar-refractivity contribution in [3.05, 3.63) is 64.4 Å². The summed E-state index contributed by atoms with van der Waals surface area (Å²) in [4.78, 5) is 0.465. The van der Waals surface area contributed by atoms with E-state index >= 15 is 0 Å². The number of fused-ring (bicyclic) bond motifs is 1. The molecule has 2 fully saturated rings. The predicted molar refractivity (Wildman–Crippen MR) is 107 cm³/mol. The van der Waals surface area contributed by atoms with Crippen LogP contribution >= 0.6 is 27.7 Å². The second kappa shape index (κ2) is 8.79.